The van der Waals surface area contributed by atoms with Gasteiger partial charge in [-0.05, 0) is 12.3 Å². The van der Waals surface area contributed by atoms with Crippen LogP contribution in [-0.2, 0) is 4.79 Å². The molecule has 0 heterocycles. The van der Waals surface area contributed by atoms with Crippen molar-refractivity contribution in [3.05, 3.63) is 0 Å². The SMILES string of the molecule is CC[C@H](N)C(=O)N(CCC#N)CC(C)C. The fourth-order valence-corrected chi connectivity index (χ4v) is 1.33. The molecule has 0 fully saturated rings. The number of carbonyl (C=O) groups is 1. The fourth-order valence-electron chi connectivity index (χ4n) is 1.33. The maximum atomic E-state index is 11.8. The third kappa shape index (κ3) is 5.38. The van der Waals surface area contributed by atoms with E-state index in [0.717, 1.165) is 0 Å². The zero-order valence-electron chi connectivity index (χ0n) is 9.86. The van der Waals surface area contributed by atoms with Crippen LogP contribution < -0.4 is 5.73 Å². The Bertz CT molecular complexity index is 232. The van der Waals surface area contributed by atoms with Crippen LogP contribution in [0, 0.1) is 17.2 Å². The van der Waals surface area contributed by atoms with Crippen molar-refractivity contribution in [3.63, 3.8) is 0 Å². The molecule has 0 aliphatic heterocycles. The van der Waals surface area contributed by atoms with Gasteiger partial charge in [-0.3, -0.25) is 4.79 Å². The van der Waals surface area contributed by atoms with Gasteiger partial charge in [-0.2, -0.15) is 5.26 Å². The topological polar surface area (TPSA) is 70.1 Å². The first kappa shape index (κ1) is 13.9. The van der Waals surface area contributed by atoms with Gasteiger partial charge in [-0.15, -0.1) is 0 Å². The fraction of sp³-hybridized carbons (Fsp3) is 0.818. The lowest BCUT2D eigenvalue weighted by molar-refractivity contribution is -0.133. The Hall–Kier alpha value is -1.08. The van der Waals surface area contributed by atoms with Crippen LogP contribution in [0.5, 0.6) is 0 Å². The number of nitrogens with zero attached hydrogens (tertiary/aromatic N) is 2. The van der Waals surface area contributed by atoms with Gasteiger partial charge in [0.15, 0.2) is 0 Å². The maximum absolute atomic E-state index is 11.8. The molecule has 86 valence electrons. The van der Waals surface area contributed by atoms with E-state index in [1.807, 2.05) is 26.8 Å². The van der Waals surface area contributed by atoms with E-state index in [1.165, 1.54) is 0 Å². The Balaban J connectivity index is 4.34. The quantitative estimate of drug-likeness (QED) is 0.715. The average molecular weight is 211 g/mol. The van der Waals surface area contributed by atoms with Gasteiger partial charge in [0.05, 0.1) is 18.5 Å². The minimum atomic E-state index is -0.428. The summed E-state index contributed by atoms with van der Waals surface area (Å²) in [7, 11) is 0. The van der Waals surface area contributed by atoms with Crippen LogP contribution >= 0.6 is 0 Å². The van der Waals surface area contributed by atoms with Crippen molar-refractivity contribution in [3.8, 4) is 6.07 Å². The Morgan fingerprint density at radius 1 is 1.53 bits per heavy atom. The first-order chi connectivity index (χ1) is 7.02. The Morgan fingerprint density at radius 2 is 2.13 bits per heavy atom. The first-order valence-electron chi connectivity index (χ1n) is 5.44. The molecule has 0 unspecified atom stereocenters. The highest BCUT2D eigenvalue weighted by Gasteiger charge is 2.19. The molecule has 2 N–H and O–H groups in total. The highest BCUT2D eigenvalue weighted by atomic mass is 16.2. The smallest absolute Gasteiger partial charge is 0.239 e. The van der Waals surface area contributed by atoms with Crippen LogP contribution in [0.2, 0.25) is 0 Å². The second kappa shape index (κ2) is 7.24. The molecule has 0 aromatic heterocycles. The van der Waals surface area contributed by atoms with Crippen LogP contribution in [0.3, 0.4) is 0 Å². The predicted octanol–water partition coefficient (Wildman–Crippen LogP) is 1.12. The number of nitriles is 1. The molecule has 0 saturated carbocycles. The Morgan fingerprint density at radius 3 is 2.53 bits per heavy atom. The van der Waals surface area contributed by atoms with Crippen molar-refractivity contribution >= 4 is 5.91 Å². The van der Waals surface area contributed by atoms with Crippen molar-refractivity contribution in [2.24, 2.45) is 11.7 Å². The normalized spacial score (nSPS) is 12.3. The van der Waals surface area contributed by atoms with Crippen molar-refractivity contribution in [1.29, 1.82) is 5.26 Å². The number of nitrogens with two attached hydrogens (primary N) is 1. The summed E-state index contributed by atoms with van der Waals surface area (Å²) < 4.78 is 0. The molecule has 0 radical (unpaired) electrons. The molecule has 1 atom stereocenters. The van der Waals surface area contributed by atoms with E-state index in [0.29, 0.717) is 31.8 Å². The van der Waals surface area contributed by atoms with Crippen molar-refractivity contribution < 1.29 is 4.79 Å². The van der Waals surface area contributed by atoms with Crippen molar-refractivity contribution in [2.45, 2.75) is 39.7 Å². The average Bonchev–Trinajstić information content (AvgIpc) is 2.21. The third-order valence-electron chi connectivity index (χ3n) is 2.15. The van der Waals surface area contributed by atoms with E-state index < -0.39 is 6.04 Å². The molecule has 0 aliphatic rings. The Kier molecular flexibility index (Phi) is 6.72. The number of hydrogen-bond donors (Lipinski definition) is 1. The molecular formula is C11H21N3O. The summed E-state index contributed by atoms with van der Waals surface area (Å²) in [6, 6.07) is 1.62. The maximum Gasteiger partial charge on any atom is 0.239 e. The molecule has 0 aromatic rings. The van der Waals surface area contributed by atoms with Gasteiger partial charge < -0.3 is 10.6 Å². The predicted molar refractivity (Wildman–Crippen MR) is 59.9 cm³/mol. The van der Waals surface area contributed by atoms with E-state index >= 15 is 0 Å². The lowest BCUT2D eigenvalue weighted by atomic mass is 10.1. The molecule has 0 rings (SSSR count). The summed E-state index contributed by atoms with van der Waals surface area (Å²) in [6.45, 7) is 7.14. The zero-order valence-corrected chi connectivity index (χ0v) is 9.86. The van der Waals surface area contributed by atoms with Gasteiger partial charge >= 0.3 is 0 Å². The molecule has 0 saturated heterocycles. The van der Waals surface area contributed by atoms with E-state index in [-0.39, 0.29) is 5.91 Å². The summed E-state index contributed by atoms with van der Waals surface area (Å²) >= 11 is 0. The van der Waals surface area contributed by atoms with E-state index in [2.05, 4.69) is 0 Å². The number of carbonyl (C=O) groups excluding carboxylic acids is 1. The van der Waals surface area contributed by atoms with Gasteiger partial charge in [0.1, 0.15) is 0 Å². The minimum absolute atomic E-state index is 0.0403. The molecule has 0 bridgehead atoms. The second-order valence-corrected chi connectivity index (χ2v) is 4.10. The summed E-state index contributed by atoms with van der Waals surface area (Å²) in [6.07, 6.45) is 1.01. The number of amides is 1. The van der Waals surface area contributed by atoms with Crippen LogP contribution in [0.4, 0.5) is 0 Å². The molecule has 0 spiro atoms. The summed E-state index contributed by atoms with van der Waals surface area (Å²) in [5.41, 5.74) is 5.69. The third-order valence-corrected chi connectivity index (χ3v) is 2.15. The summed E-state index contributed by atoms with van der Waals surface area (Å²) in [4.78, 5) is 13.5. The standard InChI is InChI=1S/C11H21N3O/c1-4-10(13)11(15)14(7-5-6-12)8-9(2)3/h9-10H,4-5,7-8,13H2,1-3H3/t10-/m0/s1. The van der Waals surface area contributed by atoms with Crippen LogP contribution in [0.25, 0.3) is 0 Å². The van der Waals surface area contributed by atoms with Gasteiger partial charge in [0, 0.05) is 13.1 Å². The lowest BCUT2D eigenvalue weighted by Gasteiger charge is -2.26. The van der Waals surface area contributed by atoms with E-state index in [1.54, 1.807) is 4.90 Å². The molecule has 4 heteroatoms. The molecule has 15 heavy (non-hydrogen) atoms. The van der Waals surface area contributed by atoms with Crippen LogP contribution in [0.1, 0.15) is 33.6 Å². The second-order valence-electron chi connectivity index (χ2n) is 4.10. The van der Waals surface area contributed by atoms with Gasteiger partial charge in [-0.25, -0.2) is 0 Å². The summed E-state index contributed by atoms with van der Waals surface area (Å²) in [5.74, 6) is 0.359. The highest BCUT2D eigenvalue weighted by Crippen LogP contribution is 2.03. The lowest BCUT2D eigenvalue weighted by Crippen LogP contribution is -2.45. The van der Waals surface area contributed by atoms with E-state index in [9.17, 15) is 4.79 Å². The number of hydrogen-bond acceptors (Lipinski definition) is 3. The molecular weight excluding hydrogens is 190 g/mol. The van der Waals surface area contributed by atoms with Gasteiger partial charge in [0.25, 0.3) is 0 Å². The molecule has 1 amide bonds. The Labute approximate surface area is 92.0 Å². The molecule has 4 nitrogen and oxygen atoms in total. The van der Waals surface area contributed by atoms with Crippen molar-refractivity contribution in [1.82, 2.24) is 4.90 Å². The molecule has 0 aliphatic carbocycles. The number of rotatable bonds is 6. The van der Waals surface area contributed by atoms with Gasteiger partial charge in [0.2, 0.25) is 5.91 Å². The highest BCUT2D eigenvalue weighted by molar-refractivity contribution is 5.81. The van der Waals surface area contributed by atoms with Gasteiger partial charge in [-0.1, -0.05) is 20.8 Å². The first-order valence-corrected chi connectivity index (χ1v) is 5.44. The zero-order chi connectivity index (χ0) is 11.8. The summed E-state index contributed by atoms with van der Waals surface area (Å²) in [5, 5.41) is 8.51. The van der Waals surface area contributed by atoms with E-state index in [4.69, 9.17) is 11.0 Å². The monoisotopic (exact) mass is 211 g/mol. The minimum Gasteiger partial charge on any atom is -0.340 e. The van der Waals surface area contributed by atoms with Crippen LogP contribution in [0.15, 0.2) is 0 Å². The molecule has 0 aromatic carbocycles. The van der Waals surface area contributed by atoms with Crippen molar-refractivity contribution in [2.75, 3.05) is 13.1 Å². The van der Waals surface area contributed by atoms with Crippen LogP contribution in [-0.4, -0.2) is 29.9 Å². The largest absolute Gasteiger partial charge is 0.340 e.